The van der Waals surface area contributed by atoms with E-state index in [2.05, 4.69) is 32.6 Å². The SMILES string of the molecule is Cc1cc(NCC(=O)Nc2ccccc2SCC#N)ccc1Br. The first-order valence-electron chi connectivity index (χ1n) is 6.99. The first-order chi connectivity index (χ1) is 11.1. The van der Waals surface area contributed by atoms with Crippen molar-refractivity contribution in [3.8, 4) is 6.07 Å². The van der Waals surface area contributed by atoms with E-state index in [1.54, 1.807) is 0 Å². The lowest BCUT2D eigenvalue weighted by Gasteiger charge is -2.11. The number of halogens is 1. The number of anilines is 2. The van der Waals surface area contributed by atoms with Gasteiger partial charge in [-0.1, -0.05) is 28.1 Å². The Morgan fingerprint density at radius 2 is 2.09 bits per heavy atom. The summed E-state index contributed by atoms with van der Waals surface area (Å²) in [5, 5.41) is 14.7. The van der Waals surface area contributed by atoms with Crippen molar-refractivity contribution in [1.29, 1.82) is 5.26 Å². The average molecular weight is 390 g/mol. The maximum absolute atomic E-state index is 12.1. The molecule has 23 heavy (non-hydrogen) atoms. The molecule has 0 unspecified atom stereocenters. The molecule has 2 rings (SSSR count). The van der Waals surface area contributed by atoms with E-state index in [1.165, 1.54) is 11.8 Å². The third-order valence-electron chi connectivity index (χ3n) is 3.06. The molecule has 4 nitrogen and oxygen atoms in total. The molecule has 6 heteroatoms. The van der Waals surface area contributed by atoms with Crippen molar-refractivity contribution in [2.24, 2.45) is 0 Å². The maximum Gasteiger partial charge on any atom is 0.243 e. The van der Waals surface area contributed by atoms with Crippen molar-refractivity contribution in [1.82, 2.24) is 0 Å². The van der Waals surface area contributed by atoms with Gasteiger partial charge in [0.05, 0.1) is 24.1 Å². The summed E-state index contributed by atoms with van der Waals surface area (Å²) in [6, 6.07) is 15.4. The predicted molar refractivity (Wildman–Crippen MR) is 98.8 cm³/mol. The Bertz CT molecular complexity index is 743. The Labute approximate surface area is 148 Å². The van der Waals surface area contributed by atoms with Crippen LogP contribution in [0.25, 0.3) is 0 Å². The van der Waals surface area contributed by atoms with Crippen molar-refractivity contribution in [2.45, 2.75) is 11.8 Å². The van der Waals surface area contributed by atoms with Crippen LogP contribution < -0.4 is 10.6 Å². The number of carbonyl (C=O) groups excluding carboxylic acids is 1. The average Bonchev–Trinajstić information content (AvgIpc) is 2.55. The van der Waals surface area contributed by atoms with E-state index in [0.717, 1.165) is 26.3 Å². The topological polar surface area (TPSA) is 64.9 Å². The molecule has 0 radical (unpaired) electrons. The van der Waals surface area contributed by atoms with E-state index in [-0.39, 0.29) is 12.5 Å². The van der Waals surface area contributed by atoms with E-state index in [0.29, 0.717) is 5.75 Å². The molecule has 0 aliphatic heterocycles. The number of hydrogen-bond donors (Lipinski definition) is 2. The number of nitriles is 1. The van der Waals surface area contributed by atoms with Crippen molar-refractivity contribution in [3.05, 3.63) is 52.5 Å². The summed E-state index contributed by atoms with van der Waals surface area (Å²) in [5.41, 5.74) is 2.73. The van der Waals surface area contributed by atoms with Gasteiger partial charge >= 0.3 is 0 Å². The van der Waals surface area contributed by atoms with Gasteiger partial charge in [-0.15, -0.1) is 11.8 Å². The molecule has 118 valence electrons. The largest absolute Gasteiger partial charge is 0.376 e. The minimum atomic E-state index is -0.129. The second-order valence-electron chi connectivity index (χ2n) is 4.81. The highest BCUT2D eigenvalue weighted by molar-refractivity contribution is 9.10. The molecule has 2 aromatic carbocycles. The fourth-order valence-corrected chi connectivity index (χ4v) is 2.85. The van der Waals surface area contributed by atoms with Gasteiger partial charge < -0.3 is 10.6 Å². The molecule has 2 aromatic rings. The first kappa shape index (κ1) is 17.4. The number of thioether (sulfide) groups is 1. The van der Waals surface area contributed by atoms with Gasteiger partial charge in [0.1, 0.15) is 0 Å². The third-order valence-corrected chi connectivity index (χ3v) is 4.89. The number of nitrogens with zero attached hydrogens (tertiary/aromatic N) is 1. The van der Waals surface area contributed by atoms with Gasteiger partial charge in [0.15, 0.2) is 0 Å². The summed E-state index contributed by atoms with van der Waals surface area (Å²) in [6.07, 6.45) is 0. The number of para-hydroxylation sites is 1. The Hall–Kier alpha value is -1.97. The Kier molecular flexibility index (Phi) is 6.51. The van der Waals surface area contributed by atoms with Crippen LogP contribution in [0.15, 0.2) is 51.8 Å². The number of amides is 1. The van der Waals surface area contributed by atoms with Crippen molar-refractivity contribution >= 4 is 45.0 Å². The molecule has 0 aliphatic carbocycles. The molecular weight excluding hydrogens is 374 g/mol. The van der Waals surface area contributed by atoms with Crippen LogP contribution >= 0.6 is 27.7 Å². The van der Waals surface area contributed by atoms with Crippen molar-refractivity contribution < 1.29 is 4.79 Å². The Morgan fingerprint density at radius 3 is 2.83 bits per heavy atom. The van der Waals surface area contributed by atoms with Crippen LogP contribution in [0.5, 0.6) is 0 Å². The molecule has 2 N–H and O–H groups in total. The van der Waals surface area contributed by atoms with Gasteiger partial charge in [-0.3, -0.25) is 4.79 Å². The zero-order valence-electron chi connectivity index (χ0n) is 12.6. The molecule has 0 aromatic heterocycles. The smallest absolute Gasteiger partial charge is 0.243 e. The molecule has 0 fully saturated rings. The van der Waals surface area contributed by atoms with Gasteiger partial charge in [0.2, 0.25) is 5.91 Å². The highest BCUT2D eigenvalue weighted by Crippen LogP contribution is 2.26. The molecule has 0 saturated carbocycles. The quantitative estimate of drug-likeness (QED) is 0.717. The summed E-state index contributed by atoms with van der Waals surface area (Å²) in [6.45, 7) is 2.18. The van der Waals surface area contributed by atoms with Gasteiger partial charge in [-0.05, 0) is 42.8 Å². The molecule has 0 aliphatic rings. The fraction of sp³-hybridized carbons (Fsp3) is 0.176. The zero-order valence-corrected chi connectivity index (χ0v) is 15.0. The fourth-order valence-electron chi connectivity index (χ4n) is 1.94. The van der Waals surface area contributed by atoms with Crippen LogP contribution in [-0.2, 0) is 4.79 Å². The monoisotopic (exact) mass is 389 g/mol. The lowest BCUT2D eigenvalue weighted by Crippen LogP contribution is -2.22. The highest BCUT2D eigenvalue weighted by atomic mass is 79.9. The number of carbonyl (C=O) groups is 1. The molecule has 0 atom stereocenters. The standard InChI is InChI=1S/C17H16BrN3OS/c1-12-10-13(6-7-14(12)18)20-11-17(22)21-15-4-2-3-5-16(15)23-9-8-19/h2-7,10,20H,9,11H2,1H3,(H,21,22). The van der Waals surface area contributed by atoms with Crippen LogP contribution in [0.1, 0.15) is 5.56 Å². The predicted octanol–water partition coefficient (Wildman–Crippen LogP) is 4.42. The highest BCUT2D eigenvalue weighted by Gasteiger charge is 2.07. The Balaban J connectivity index is 1.94. The second kappa shape index (κ2) is 8.61. The third kappa shape index (κ3) is 5.31. The van der Waals surface area contributed by atoms with E-state index >= 15 is 0 Å². The second-order valence-corrected chi connectivity index (χ2v) is 6.68. The lowest BCUT2D eigenvalue weighted by molar-refractivity contribution is -0.114. The number of rotatable bonds is 6. The molecule has 1 amide bonds. The van der Waals surface area contributed by atoms with Crippen LogP contribution in [-0.4, -0.2) is 18.2 Å². The summed E-state index contributed by atoms with van der Waals surface area (Å²) < 4.78 is 1.04. The molecule has 0 saturated heterocycles. The van der Waals surface area contributed by atoms with Gasteiger partial charge in [-0.25, -0.2) is 0 Å². The van der Waals surface area contributed by atoms with Crippen molar-refractivity contribution in [2.75, 3.05) is 22.9 Å². The van der Waals surface area contributed by atoms with Gasteiger partial charge in [-0.2, -0.15) is 5.26 Å². The molecule has 0 heterocycles. The van der Waals surface area contributed by atoms with Crippen LogP contribution in [0.3, 0.4) is 0 Å². The van der Waals surface area contributed by atoms with Crippen molar-refractivity contribution in [3.63, 3.8) is 0 Å². The normalized spacial score (nSPS) is 9.96. The molecule has 0 spiro atoms. The molecule has 0 bridgehead atoms. The van der Waals surface area contributed by atoms with E-state index in [1.807, 2.05) is 49.4 Å². The maximum atomic E-state index is 12.1. The van der Waals surface area contributed by atoms with E-state index in [9.17, 15) is 4.79 Å². The Morgan fingerprint density at radius 1 is 1.30 bits per heavy atom. The zero-order chi connectivity index (χ0) is 16.7. The van der Waals surface area contributed by atoms with Gasteiger partial charge in [0, 0.05) is 15.1 Å². The number of aryl methyl sites for hydroxylation is 1. The van der Waals surface area contributed by atoms with Crippen LogP contribution in [0.2, 0.25) is 0 Å². The lowest BCUT2D eigenvalue weighted by atomic mass is 10.2. The summed E-state index contributed by atoms with van der Waals surface area (Å²) in [4.78, 5) is 13.0. The summed E-state index contributed by atoms with van der Waals surface area (Å²) in [5.74, 6) is 0.221. The van der Waals surface area contributed by atoms with Crippen LogP contribution in [0, 0.1) is 18.3 Å². The number of nitrogens with one attached hydrogen (secondary N) is 2. The number of benzene rings is 2. The van der Waals surface area contributed by atoms with Gasteiger partial charge in [0.25, 0.3) is 0 Å². The molecular formula is C17H16BrN3OS. The number of hydrogen-bond acceptors (Lipinski definition) is 4. The minimum absolute atomic E-state index is 0.129. The first-order valence-corrected chi connectivity index (χ1v) is 8.76. The van der Waals surface area contributed by atoms with E-state index < -0.39 is 0 Å². The van der Waals surface area contributed by atoms with E-state index in [4.69, 9.17) is 5.26 Å². The van der Waals surface area contributed by atoms with Crippen LogP contribution in [0.4, 0.5) is 11.4 Å². The summed E-state index contributed by atoms with van der Waals surface area (Å²) >= 11 is 4.86. The minimum Gasteiger partial charge on any atom is -0.376 e. The summed E-state index contributed by atoms with van der Waals surface area (Å²) in [7, 11) is 0.